The number of aryl methyl sites for hydroxylation is 1. The van der Waals surface area contributed by atoms with Crippen molar-refractivity contribution in [2.24, 2.45) is 0 Å². The fourth-order valence-electron chi connectivity index (χ4n) is 3.08. The van der Waals surface area contributed by atoms with Crippen LogP contribution in [0.3, 0.4) is 0 Å². The number of nitrogens with zero attached hydrogens (tertiary/aromatic N) is 2. The number of nitrogens with one attached hydrogen (secondary N) is 1. The zero-order valence-electron chi connectivity index (χ0n) is 15.8. The van der Waals surface area contributed by atoms with Crippen LogP contribution in [0.4, 0.5) is 5.69 Å². The van der Waals surface area contributed by atoms with E-state index in [-0.39, 0.29) is 17.9 Å². The topological polar surface area (TPSA) is 81.1 Å². The number of aromatic nitrogens is 2. The molecule has 6 nitrogen and oxygen atoms in total. The molecule has 0 aliphatic carbocycles. The van der Waals surface area contributed by atoms with Gasteiger partial charge in [0.2, 0.25) is 5.91 Å². The summed E-state index contributed by atoms with van der Waals surface area (Å²) in [5.41, 5.74) is 1.44. The van der Waals surface area contributed by atoms with E-state index in [0.717, 1.165) is 15.3 Å². The Morgan fingerprint density at radius 2 is 1.97 bits per heavy atom. The van der Waals surface area contributed by atoms with Gasteiger partial charge >= 0.3 is 0 Å². The van der Waals surface area contributed by atoms with Crippen molar-refractivity contribution in [3.63, 3.8) is 0 Å². The predicted molar refractivity (Wildman–Crippen MR) is 117 cm³/mol. The minimum Gasteiger partial charge on any atom is -0.324 e. The molecule has 29 heavy (non-hydrogen) atoms. The number of para-hydroxylation sites is 1. The van der Waals surface area contributed by atoms with Gasteiger partial charge in [-0.15, -0.1) is 22.7 Å². The Morgan fingerprint density at radius 3 is 2.69 bits per heavy atom. The Morgan fingerprint density at radius 1 is 1.17 bits per heavy atom. The molecule has 8 heteroatoms. The Balaban J connectivity index is 1.65. The molecule has 0 fully saturated rings. The van der Waals surface area contributed by atoms with Crippen LogP contribution in [-0.4, -0.2) is 21.2 Å². The maximum Gasteiger partial charge on any atom is 0.263 e. The van der Waals surface area contributed by atoms with Gasteiger partial charge in [-0.3, -0.25) is 19.0 Å². The van der Waals surface area contributed by atoms with Crippen LogP contribution in [0, 0.1) is 6.92 Å². The average Bonchev–Trinajstić information content (AvgIpc) is 3.30. The molecule has 0 spiro atoms. The van der Waals surface area contributed by atoms with Gasteiger partial charge in [0.15, 0.2) is 5.78 Å². The van der Waals surface area contributed by atoms with Crippen LogP contribution in [0.1, 0.15) is 22.2 Å². The molecular formula is C21H17N3O3S2. The molecule has 3 aromatic heterocycles. The summed E-state index contributed by atoms with van der Waals surface area (Å²) in [6.45, 7) is 3.27. The van der Waals surface area contributed by atoms with E-state index in [0.29, 0.717) is 21.5 Å². The largest absolute Gasteiger partial charge is 0.324 e. The molecule has 1 N–H and O–H groups in total. The number of anilines is 1. The average molecular weight is 424 g/mol. The first-order valence-corrected chi connectivity index (χ1v) is 10.6. The van der Waals surface area contributed by atoms with Crippen molar-refractivity contribution >= 4 is 50.3 Å². The molecule has 3 heterocycles. The molecule has 146 valence electrons. The number of hydrogen-bond donors (Lipinski definition) is 1. The fourth-order valence-corrected chi connectivity index (χ4v) is 4.95. The first kappa shape index (κ1) is 19.2. The summed E-state index contributed by atoms with van der Waals surface area (Å²) in [6.07, 6.45) is 1.39. The van der Waals surface area contributed by atoms with Crippen molar-refractivity contribution in [3.8, 4) is 10.4 Å². The second-order valence-corrected chi connectivity index (χ2v) is 8.71. The number of carbonyl (C=O) groups is 2. The number of amides is 1. The fraction of sp³-hybridized carbons (Fsp3) is 0.143. The SMILES string of the molecule is CC(=O)c1ccccc1NC(=O)Cn1cnc2scc(-c3ccc(C)s3)c2c1=O. The second-order valence-electron chi connectivity index (χ2n) is 6.57. The van der Waals surface area contributed by atoms with Gasteiger partial charge in [0.1, 0.15) is 11.4 Å². The maximum absolute atomic E-state index is 13.1. The predicted octanol–water partition coefficient (Wildman–Crippen LogP) is 4.34. The Kier molecular flexibility index (Phi) is 5.12. The number of fused-ring (bicyclic) bond motifs is 1. The van der Waals surface area contributed by atoms with E-state index in [1.807, 2.05) is 24.4 Å². The van der Waals surface area contributed by atoms with Crippen molar-refractivity contribution in [2.75, 3.05) is 5.32 Å². The number of hydrogen-bond acceptors (Lipinski definition) is 6. The zero-order valence-corrected chi connectivity index (χ0v) is 17.4. The highest BCUT2D eigenvalue weighted by Gasteiger charge is 2.16. The summed E-state index contributed by atoms with van der Waals surface area (Å²) in [5.74, 6) is -0.541. The standard InChI is InChI=1S/C21H17N3O3S2/c1-12-7-8-17(29-12)15-10-28-20-19(15)21(27)24(11-22-20)9-18(26)23-16-6-4-3-5-14(16)13(2)25/h3-8,10-11H,9H2,1-2H3,(H,23,26). The van der Waals surface area contributed by atoms with Crippen molar-refractivity contribution in [3.05, 3.63) is 68.9 Å². The second kappa shape index (κ2) is 7.73. The van der Waals surface area contributed by atoms with Gasteiger partial charge in [-0.25, -0.2) is 4.98 Å². The van der Waals surface area contributed by atoms with Crippen LogP contribution in [0.5, 0.6) is 0 Å². The van der Waals surface area contributed by atoms with Crippen molar-refractivity contribution in [2.45, 2.75) is 20.4 Å². The molecule has 1 aromatic carbocycles. The van der Waals surface area contributed by atoms with E-state index in [2.05, 4.69) is 10.3 Å². The molecule has 0 saturated carbocycles. The van der Waals surface area contributed by atoms with E-state index in [4.69, 9.17) is 0 Å². The number of rotatable bonds is 5. The smallest absolute Gasteiger partial charge is 0.263 e. The maximum atomic E-state index is 13.1. The molecule has 4 aromatic rings. The quantitative estimate of drug-likeness (QED) is 0.484. The van der Waals surface area contributed by atoms with E-state index in [1.165, 1.54) is 29.2 Å². The van der Waals surface area contributed by atoms with Gasteiger partial charge in [-0.05, 0) is 38.1 Å². The minimum atomic E-state index is -0.398. The number of benzene rings is 1. The lowest BCUT2D eigenvalue weighted by molar-refractivity contribution is -0.116. The van der Waals surface area contributed by atoms with Gasteiger partial charge in [-0.1, -0.05) is 12.1 Å². The lowest BCUT2D eigenvalue weighted by Crippen LogP contribution is -2.28. The Bertz CT molecular complexity index is 1300. The summed E-state index contributed by atoms with van der Waals surface area (Å²) >= 11 is 3.03. The third-order valence-corrected chi connectivity index (χ3v) is 6.38. The van der Waals surface area contributed by atoms with Crippen LogP contribution in [0.2, 0.25) is 0 Å². The molecule has 0 aliphatic heterocycles. The number of carbonyl (C=O) groups excluding carboxylic acids is 2. The molecule has 0 atom stereocenters. The lowest BCUT2D eigenvalue weighted by atomic mass is 10.1. The summed E-state index contributed by atoms with van der Waals surface area (Å²) < 4.78 is 1.30. The van der Waals surface area contributed by atoms with Crippen LogP contribution in [-0.2, 0) is 11.3 Å². The lowest BCUT2D eigenvalue weighted by Gasteiger charge is -2.10. The molecule has 0 saturated heterocycles. The summed E-state index contributed by atoms with van der Waals surface area (Å²) in [6, 6.07) is 10.8. The highest BCUT2D eigenvalue weighted by molar-refractivity contribution is 7.19. The first-order valence-electron chi connectivity index (χ1n) is 8.87. The summed E-state index contributed by atoms with van der Waals surface area (Å²) in [4.78, 5) is 44.5. The van der Waals surface area contributed by atoms with Gasteiger partial charge < -0.3 is 5.32 Å². The van der Waals surface area contributed by atoms with E-state index < -0.39 is 5.91 Å². The molecule has 0 bridgehead atoms. The molecular weight excluding hydrogens is 406 g/mol. The number of thiophene rings is 2. The van der Waals surface area contributed by atoms with Crippen LogP contribution >= 0.6 is 22.7 Å². The monoisotopic (exact) mass is 423 g/mol. The molecule has 0 aliphatic rings. The highest BCUT2D eigenvalue weighted by Crippen LogP contribution is 2.34. The highest BCUT2D eigenvalue weighted by atomic mass is 32.1. The summed E-state index contributed by atoms with van der Waals surface area (Å²) in [7, 11) is 0. The molecule has 0 unspecified atom stereocenters. The Hall–Kier alpha value is -3.10. The van der Waals surface area contributed by atoms with E-state index in [9.17, 15) is 14.4 Å². The zero-order chi connectivity index (χ0) is 20.5. The Labute approximate surface area is 174 Å². The van der Waals surface area contributed by atoms with Crippen molar-refractivity contribution in [1.29, 1.82) is 0 Å². The van der Waals surface area contributed by atoms with Crippen LogP contribution in [0.25, 0.3) is 20.7 Å². The molecule has 0 radical (unpaired) electrons. The van der Waals surface area contributed by atoms with Crippen molar-refractivity contribution in [1.82, 2.24) is 9.55 Å². The third kappa shape index (κ3) is 3.76. The summed E-state index contributed by atoms with van der Waals surface area (Å²) in [5, 5.41) is 5.17. The molecule has 4 rings (SSSR count). The normalized spacial score (nSPS) is 11.0. The van der Waals surface area contributed by atoms with Gasteiger partial charge in [0, 0.05) is 26.3 Å². The minimum absolute atomic E-state index is 0.143. The third-order valence-electron chi connectivity index (χ3n) is 4.46. The van der Waals surface area contributed by atoms with Gasteiger partial charge in [0.25, 0.3) is 5.56 Å². The van der Waals surface area contributed by atoms with Crippen LogP contribution < -0.4 is 10.9 Å². The van der Waals surface area contributed by atoms with Crippen LogP contribution in [0.15, 0.2) is 52.9 Å². The number of ketones is 1. The van der Waals surface area contributed by atoms with Crippen molar-refractivity contribution < 1.29 is 9.59 Å². The first-order chi connectivity index (χ1) is 13.9. The van der Waals surface area contributed by atoms with Gasteiger partial charge in [-0.2, -0.15) is 0 Å². The van der Waals surface area contributed by atoms with Gasteiger partial charge in [0.05, 0.1) is 17.4 Å². The molecule has 1 amide bonds. The number of Topliss-reactive ketones (excluding diaryl/α,β-unsaturated/α-hetero) is 1. The van der Waals surface area contributed by atoms with E-state index in [1.54, 1.807) is 35.6 Å². The van der Waals surface area contributed by atoms with E-state index >= 15 is 0 Å².